The van der Waals surface area contributed by atoms with Crippen molar-refractivity contribution in [1.29, 1.82) is 0 Å². The van der Waals surface area contributed by atoms with Crippen molar-refractivity contribution in [2.45, 2.75) is 38.1 Å². The molecule has 0 amide bonds. The standard InChI is InChI=1S/C16H21N3O2/c20-15(6-7-16(21)14-3-1-2-8-17-14)11-4-5-13-12(9-11)10-18-19-13/h1-3,8,11-13,18-19H,4-7,9-10H2. The monoisotopic (exact) mass is 287 g/mol. The van der Waals surface area contributed by atoms with E-state index in [0.29, 0.717) is 24.1 Å². The Hall–Kier alpha value is -1.59. The van der Waals surface area contributed by atoms with Crippen LogP contribution in [0.2, 0.25) is 0 Å². The van der Waals surface area contributed by atoms with Gasteiger partial charge in [-0.05, 0) is 37.3 Å². The Balaban J connectivity index is 1.49. The van der Waals surface area contributed by atoms with Gasteiger partial charge in [0, 0.05) is 37.5 Å². The number of Topliss-reactive ketones (excluding diaryl/α,β-unsaturated/α-hetero) is 2. The maximum Gasteiger partial charge on any atom is 0.181 e. The molecule has 0 radical (unpaired) electrons. The predicted molar refractivity (Wildman–Crippen MR) is 78.6 cm³/mol. The number of hydrogen-bond donors (Lipinski definition) is 2. The highest BCUT2D eigenvalue weighted by Gasteiger charge is 2.36. The molecule has 21 heavy (non-hydrogen) atoms. The van der Waals surface area contributed by atoms with E-state index in [1.54, 1.807) is 24.4 Å². The minimum Gasteiger partial charge on any atom is -0.299 e. The molecule has 2 N–H and O–H groups in total. The summed E-state index contributed by atoms with van der Waals surface area (Å²) < 4.78 is 0. The molecule has 2 aliphatic rings. The third-order valence-corrected chi connectivity index (χ3v) is 4.64. The van der Waals surface area contributed by atoms with E-state index in [4.69, 9.17) is 0 Å². The highest BCUT2D eigenvalue weighted by Crippen LogP contribution is 2.32. The van der Waals surface area contributed by atoms with Gasteiger partial charge in [-0.2, -0.15) is 0 Å². The lowest BCUT2D eigenvalue weighted by Gasteiger charge is -2.29. The third kappa shape index (κ3) is 3.36. The van der Waals surface area contributed by atoms with Gasteiger partial charge in [0.1, 0.15) is 11.5 Å². The minimum atomic E-state index is -0.0400. The first-order valence-electron chi connectivity index (χ1n) is 7.69. The van der Waals surface area contributed by atoms with Crippen molar-refractivity contribution < 1.29 is 9.59 Å². The minimum absolute atomic E-state index is 0.0400. The second kappa shape index (κ2) is 6.45. The fraction of sp³-hybridized carbons (Fsp3) is 0.562. The van der Waals surface area contributed by atoms with Crippen molar-refractivity contribution in [2.75, 3.05) is 6.54 Å². The lowest BCUT2D eigenvalue weighted by Crippen LogP contribution is -2.37. The van der Waals surface area contributed by atoms with Crippen LogP contribution >= 0.6 is 0 Å². The SMILES string of the molecule is O=C(CCC(=O)C1CCC2NNCC2C1)c1ccccn1. The number of carbonyl (C=O) groups is 2. The number of pyridine rings is 1. The predicted octanol–water partition coefficient (Wildman–Crippen LogP) is 1.51. The number of ketones is 2. The first-order valence-corrected chi connectivity index (χ1v) is 7.69. The topological polar surface area (TPSA) is 71.1 Å². The summed E-state index contributed by atoms with van der Waals surface area (Å²) in [4.78, 5) is 28.3. The Labute approximate surface area is 124 Å². The molecule has 3 unspecified atom stereocenters. The molecule has 0 spiro atoms. The van der Waals surface area contributed by atoms with E-state index >= 15 is 0 Å². The van der Waals surface area contributed by atoms with E-state index in [9.17, 15) is 9.59 Å². The van der Waals surface area contributed by atoms with Gasteiger partial charge in [0.2, 0.25) is 0 Å². The van der Waals surface area contributed by atoms with Crippen LogP contribution in [0, 0.1) is 11.8 Å². The zero-order chi connectivity index (χ0) is 14.7. The molecule has 1 aromatic rings. The fourth-order valence-corrected chi connectivity index (χ4v) is 3.39. The van der Waals surface area contributed by atoms with Gasteiger partial charge in [-0.3, -0.25) is 25.4 Å². The molecule has 5 nitrogen and oxygen atoms in total. The molecule has 1 saturated carbocycles. The molecule has 2 fully saturated rings. The van der Waals surface area contributed by atoms with Crippen LogP contribution in [0.1, 0.15) is 42.6 Å². The molecule has 1 aliphatic heterocycles. The first kappa shape index (κ1) is 14.4. The van der Waals surface area contributed by atoms with Crippen LogP contribution < -0.4 is 10.9 Å². The Bertz CT molecular complexity index is 518. The first-order chi connectivity index (χ1) is 10.2. The molecule has 3 atom stereocenters. The highest BCUT2D eigenvalue weighted by molar-refractivity contribution is 5.96. The summed E-state index contributed by atoms with van der Waals surface area (Å²) in [5.74, 6) is 0.884. The van der Waals surface area contributed by atoms with Gasteiger partial charge in [-0.1, -0.05) is 6.07 Å². The highest BCUT2D eigenvalue weighted by atomic mass is 16.1. The number of fused-ring (bicyclic) bond motifs is 1. The second-order valence-electron chi connectivity index (χ2n) is 6.01. The maximum atomic E-state index is 12.3. The van der Waals surface area contributed by atoms with Crippen LogP contribution in [-0.4, -0.2) is 29.1 Å². The molecule has 1 aliphatic carbocycles. The summed E-state index contributed by atoms with van der Waals surface area (Å²) >= 11 is 0. The second-order valence-corrected chi connectivity index (χ2v) is 6.01. The van der Waals surface area contributed by atoms with Gasteiger partial charge >= 0.3 is 0 Å². The van der Waals surface area contributed by atoms with Crippen molar-refractivity contribution >= 4 is 11.6 Å². The van der Waals surface area contributed by atoms with Gasteiger partial charge in [-0.15, -0.1) is 0 Å². The molecule has 0 bridgehead atoms. The number of aromatic nitrogens is 1. The molecule has 0 aromatic carbocycles. The molecule has 5 heteroatoms. The van der Waals surface area contributed by atoms with Crippen molar-refractivity contribution in [1.82, 2.24) is 15.8 Å². The molecule has 1 saturated heterocycles. The zero-order valence-corrected chi connectivity index (χ0v) is 12.0. The van der Waals surface area contributed by atoms with Crippen LogP contribution in [0.3, 0.4) is 0 Å². The van der Waals surface area contributed by atoms with Crippen LogP contribution in [0.15, 0.2) is 24.4 Å². The normalized spacial score (nSPS) is 28.1. The van der Waals surface area contributed by atoms with Crippen LogP contribution in [-0.2, 0) is 4.79 Å². The summed E-state index contributed by atoms with van der Waals surface area (Å²) in [5.41, 5.74) is 6.89. The number of carbonyl (C=O) groups excluding carboxylic acids is 2. The van der Waals surface area contributed by atoms with Gasteiger partial charge in [0.05, 0.1) is 0 Å². The number of nitrogens with one attached hydrogen (secondary N) is 2. The van der Waals surface area contributed by atoms with Crippen LogP contribution in [0.25, 0.3) is 0 Å². The van der Waals surface area contributed by atoms with E-state index in [0.717, 1.165) is 25.8 Å². The summed E-state index contributed by atoms with van der Waals surface area (Å²) in [6.45, 7) is 0.946. The van der Waals surface area contributed by atoms with E-state index in [1.807, 2.05) is 0 Å². The molecule has 112 valence electrons. The Morgan fingerprint density at radius 1 is 1.24 bits per heavy atom. The fourth-order valence-electron chi connectivity index (χ4n) is 3.39. The van der Waals surface area contributed by atoms with E-state index < -0.39 is 0 Å². The van der Waals surface area contributed by atoms with E-state index in [1.165, 1.54) is 0 Å². The molecular formula is C16H21N3O2. The van der Waals surface area contributed by atoms with E-state index in [-0.39, 0.29) is 23.9 Å². The summed E-state index contributed by atoms with van der Waals surface area (Å²) in [7, 11) is 0. The van der Waals surface area contributed by atoms with Crippen molar-refractivity contribution in [3.8, 4) is 0 Å². The van der Waals surface area contributed by atoms with Gasteiger partial charge in [0.15, 0.2) is 5.78 Å². The molecule has 2 heterocycles. The van der Waals surface area contributed by atoms with Crippen molar-refractivity contribution in [2.24, 2.45) is 11.8 Å². The zero-order valence-electron chi connectivity index (χ0n) is 12.0. The lowest BCUT2D eigenvalue weighted by molar-refractivity contribution is -0.124. The number of hydrazine groups is 1. The average molecular weight is 287 g/mol. The molecule has 3 rings (SSSR count). The Morgan fingerprint density at radius 2 is 2.14 bits per heavy atom. The summed E-state index contributed by atoms with van der Waals surface area (Å²) in [6, 6.07) is 5.80. The van der Waals surface area contributed by atoms with Gasteiger partial charge in [-0.25, -0.2) is 0 Å². The van der Waals surface area contributed by atoms with Gasteiger partial charge in [0.25, 0.3) is 0 Å². The molecule has 1 aromatic heterocycles. The Morgan fingerprint density at radius 3 is 2.95 bits per heavy atom. The molecular weight excluding hydrogens is 266 g/mol. The number of hydrogen-bond acceptors (Lipinski definition) is 5. The quantitative estimate of drug-likeness (QED) is 0.803. The summed E-state index contributed by atoms with van der Waals surface area (Å²) in [6.07, 6.45) is 5.15. The average Bonchev–Trinajstić information content (AvgIpc) is 3.00. The van der Waals surface area contributed by atoms with Crippen molar-refractivity contribution in [3.05, 3.63) is 30.1 Å². The van der Waals surface area contributed by atoms with Crippen LogP contribution in [0.5, 0.6) is 0 Å². The largest absolute Gasteiger partial charge is 0.299 e. The maximum absolute atomic E-state index is 12.3. The van der Waals surface area contributed by atoms with E-state index in [2.05, 4.69) is 15.8 Å². The van der Waals surface area contributed by atoms with Crippen molar-refractivity contribution in [3.63, 3.8) is 0 Å². The van der Waals surface area contributed by atoms with Gasteiger partial charge < -0.3 is 0 Å². The number of nitrogens with zero attached hydrogens (tertiary/aromatic N) is 1. The summed E-state index contributed by atoms with van der Waals surface area (Å²) in [5, 5.41) is 0. The third-order valence-electron chi connectivity index (χ3n) is 4.64. The smallest absolute Gasteiger partial charge is 0.181 e. The lowest BCUT2D eigenvalue weighted by atomic mass is 9.76. The number of rotatable bonds is 5. The Kier molecular flexibility index (Phi) is 4.41. The van der Waals surface area contributed by atoms with Crippen LogP contribution in [0.4, 0.5) is 0 Å².